The lowest BCUT2D eigenvalue weighted by molar-refractivity contribution is -0.117. The summed E-state index contributed by atoms with van der Waals surface area (Å²) in [6, 6.07) is 9.99. The fourth-order valence-corrected chi connectivity index (χ4v) is 2.10. The monoisotopic (exact) mass is 275 g/mol. The number of amides is 1. The molecule has 0 unspecified atom stereocenters. The van der Waals surface area contributed by atoms with E-state index in [0.717, 1.165) is 18.4 Å². The molecular weight excluding hydrogens is 262 g/mol. The third-order valence-corrected chi connectivity index (χ3v) is 3.37. The van der Waals surface area contributed by atoms with Crippen LogP contribution in [0.1, 0.15) is 18.4 Å². The van der Waals surface area contributed by atoms with Crippen molar-refractivity contribution < 1.29 is 4.79 Å². The Labute approximate surface area is 116 Å². The maximum Gasteiger partial charge on any atom is 0.228 e. The maximum absolute atomic E-state index is 11.7. The molecule has 0 saturated heterocycles. The second-order valence-corrected chi connectivity index (χ2v) is 5.18. The molecule has 0 radical (unpaired) electrons. The molecular formula is C14H14ClN3O. The lowest BCUT2D eigenvalue weighted by Gasteiger charge is -2.02. The van der Waals surface area contributed by atoms with E-state index in [1.807, 2.05) is 30.3 Å². The highest BCUT2D eigenvalue weighted by atomic mass is 35.5. The van der Waals surface area contributed by atoms with E-state index in [9.17, 15) is 4.79 Å². The number of nitrogens with one attached hydrogen (secondary N) is 1. The van der Waals surface area contributed by atoms with Crippen LogP contribution in [0.15, 0.2) is 36.5 Å². The van der Waals surface area contributed by atoms with Crippen molar-refractivity contribution in [2.75, 3.05) is 5.32 Å². The predicted octanol–water partition coefficient (Wildman–Crippen LogP) is 2.93. The summed E-state index contributed by atoms with van der Waals surface area (Å²) < 4.78 is 1.74. The van der Waals surface area contributed by atoms with E-state index in [1.54, 1.807) is 10.9 Å². The molecule has 98 valence electrons. The first-order valence-electron chi connectivity index (χ1n) is 6.30. The van der Waals surface area contributed by atoms with Gasteiger partial charge in [0, 0.05) is 12.1 Å². The van der Waals surface area contributed by atoms with Gasteiger partial charge in [0.1, 0.15) is 5.02 Å². The Kier molecular flexibility index (Phi) is 3.25. The molecule has 4 nitrogen and oxygen atoms in total. The molecule has 1 aromatic heterocycles. The van der Waals surface area contributed by atoms with Gasteiger partial charge in [-0.3, -0.25) is 9.48 Å². The molecule has 0 atom stereocenters. The third kappa shape index (κ3) is 2.96. The molecule has 1 aromatic carbocycles. The van der Waals surface area contributed by atoms with Crippen LogP contribution in [-0.4, -0.2) is 15.7 Å². The number of carbonyl (C=O) groups is 1. The largest absolute Gasteiger partial charge is 0.308 e. The average Bonchev–Trinajstić information content (AvgIpc) is 3.18. The Morgan fingerprint density at radius 3 is 2.79 bits per heavy atom. The number of carbonyl (C=O) groups excluding carboxylic acids is 1. The van der Waals surface area contributed by atoms with Crippen LogP contribution in [0.2, 0.25) is 5.02 Å². The van der Waals surface area contributed by atoms with Gasteiger partial charge in [-0.1, -0.05) is 41.9 Å². The summed E-state index contributed by atoms with van der Waals surface area (Å²) in [5.74, 6) is 0.622. The molecule has 0 spiro atoms. The van der Waals surface area contributed by atoms with E-state index in [4.69, 9.17) is 11.6 Å². The second kappa shape index (κ2) is 5.05. The van der Waals surface area contributed by atoms with Crippen LogP contribution in [0.25, 0.3) is 0 Å². The normalized spacial score (nSPS) is 14.4. The lowest BCUT2D eigenvalue weighted by Crippen LogP contribution is -2.14. The highest BCUT2D eigenvalue weighted by molar-refractivity contribution is 6.33. The van der Waals surface area contributed by atoms with Gasteiger partial charge < -0.3 is 5.32 Å². The van der Waals surface area contributed by atoms with E-state index >= 15 is 0 Å². The first kappa shape index (κ1) is 12.2. The number of benzene rings is 1. The number of aromatic nitrogens is 2. The first-order valence-corrected chi connectivity index (χ1v) is 6.68. The summed E-state index contributed by atoms with van der Waals surface area (Å²) >= 11 is 6.08. The summed E-state index contributed by atoms with van der Waals surface area (Å²) in [6.07, 6.45) is 3.67. The minimum Gasteiger partial charge on any atom is -0.308 e. The highest BCUT2D eigenvalue weighted by Crippen LogP contribution is 2.31. The predicted molar refractivity (Wildman–Crippen MR) is 74.1 cm³/mol. The Bertz CT molecular complexity index is 590. The van der Waals surface area contributed by atoms with Gasteiger partial charge in [0.25, 0.3) is 0 Å². The van der Waals surface area contributed by atoms with Crippen molar-refractivity contribution in [3.05, 3.63) is 47.1 Å². The molecule has 5 heteroatoms. The minimum absolute atomic E-state index is 0.0202. The zero-order valence-corrected chi connectivity index (χ0v) is 11.1. The van der Waals surface area contributed by atoms with Crippen LogP contribution in [0, 0.1) is 5.92 Å². The van der Waals surface area contributed by atoms with Gasteiger partial charge >= 0.3 is 0 Å². The third-order valence-electron chi connectivity index (χ3n) is 3.09. The quantitative estimate of drug-likeness (QED) is 0.933. The smallest absolute Gasteiger partial charge is 0.228 e. The van der Waals surface area contributed by atoms with Gasteiger partial charge in [-0.05, 0) is 18.4 Å². The zero-order chi connectivity index (χ0) is 13.2. The van der Waals surface area contributed by atoms with Gasteiger partial charge in [-0.2, -0.15) is 5.10 Å². The topological polar surface area (TPSA) is 46.9 Å². The number of nitrogens with zero attached hydrogens (tertiary/aromatic N) is 2. The Morgan fingerprint density at radius 2 is 2.11 bits per heavy atom. The van der Waals surface area contributed by atoms with Crippen LogP contribution in [-0.2, 0) is 11.3 Å². The number of hydrogen-bond acceptors (Lipinski definition) is 2. The first-order chi connectivity index (χ1) is 9.22. The Hall–Kier alpha value is -1.81. The van der Waals surface area contributed by atoms with Crippen molar-refractivity contribution in [2.24, 2.45) is 5.92 Å². The highest BCUT2D eigenvalue weighted by Gasteiger charge is 2.30. The van der Waals surface area contributed by atoms with Crippen LogP contribution >= 0.6 is 11.6 Å². The number of hydrogen-bond donors (Lipinski definition) is 1. The number of rotatable bonds is 4. The summed E-state index contributed by atoms with van der Waals surface area (Å²) in [6.45, 7) is 0.639. The van der Waals surface area contributed by atoms with Gasteiger partial charge in [0.2, 0.25) is 5.91 Å². The molecule has 1 aliphatic rings. The summed E-state index contributed by atoms with van der Waals surface area (Å²) in [5.41, 5.74) is 1.14. The van der Waals surface area contributed by atoms with Crippen molar-refractivity contribution in [1.82, 2.24) is 9.78 Å². The van der Waals surface area contributed by atoms with Crippen molar-refractivity contribution in [3.63, 3.8) is 0 Å². The molecule has 1 amide bonds. The molecule has 1 fully saturated rings. The van der Waals surface area contributed by atoms with Crippen LogP contribution < -0.4 is 5.32 Å². The zero-order valence-electron chi connectivity index (χ0n) is 10.3. The summed E-state index contributed by atoms with van der Waals surface area (Å²) in [4.78, 5) is 11.7. The molecule has 3 rings (SSSR count). The minimum atomic E-state index is 0.0202. The fraction of sp³-hybridized carbons (Fsp3) is 0.286. The van der Waals surface area contributed by atoms with E-state index in [2.05, 4.69) is 10.4 Å². The van der Waals surface area contributed by atoms with E-state index < -0.39 is 0 Å². The SMILES string of the molecule is O=C(Nc1nn(Cc2ccccc2)cc1Cl)C1CC1. The van der Waals surface area contributed by atoms with Gasteiger partial charge in [0.15, 0.2) is 5.82 Å². The summed E-state index contributed by atoms with van der Waals surface area (Å²) in [5, 5.41) is 7.56. The van der Waals surface area contributed by atoms with E-state index in [-0.39, 0.29) is 11.8 Å². The average molecular weight is 276 g/mol. The lowest BCUT2D eigenvalue weighted by atomic mass is 10.2. The van der Waals surface area contributed by atoms with Gasteiger partial charge in [-0.25, -0.2) is 0 Å². The van der Waals surface area contributed by atoms with Crippen LogP contribution in [0.3, 0.4) is 0 Å². The molecule has 1 N–H and O–H groups in total. The van der Waals surface area contributed by atoms with Crippen molar-refractivity contribution in [3.8, 4) is 0 Å². The van der Waals surface area contributed by atoms with E-state index in [0.29, 0.717) is 17.4 Å². The van der Waals surface area contributed by atoms with E-state index in [1.165, 1.54) is 0 Å². The molecule has 0 aliphatic heterocycles. The molecule has 0 bridgehead atoms. The summed E-state index contributed by atoms with van der Waals surface area (Å²) in [7, 11) is 0. The van der Waals surface area contributed by atoms with Crippen LogP contribution in [0.5, 0.6) is 0 Å². The van der Waals surface area contributed by atoms with Gasteiger partial charge in [0.05, 0.1) is 6.54 Å². The molecule has 2 aromatic rings. The number of halogens is 1. The van der Waals surface area contributed by atoms with Gasteiger partial charge in [-0.15, -0.1) is 0 Å². The number of anilines is 1. The van der Waals surface area contributed by atoms with Crippen LogP contribution in [0.4, 0.5) is 5.82 Å². The molecule has 1 aliphatic carbocycles. The second-order valence-electron chi connectivity index (χ2n) is 4.77. The standard InChI is InChI=1S/C14H14ClN3O/c15-12-9-18(8-10-4-2-1-3-5-10)17-13(12)16-14(19)11-6-7-11/h1-5,9,11H,6-8H2,(H,16,17,19). The van der Waals surface area contributed by atoms with Crippen molar-refractivity contribution in [1.29, 1.82) is 0 Å². The molecule has 19 heavy (non-hydrogen) atoms. The fourth-order valence-electron chi connectivity index (χ4n) is 1.90. The van der Waals surface area contributed by atoms with Crippen molar-refractivity contribution >= 4 is 23.3 Å². The maximum atomic E-state index is 11.7. The molecule has 1 heterocycles. The Balaban J connectivity index is 1.71. The Morgan fingerprint density at radius 1 is 1.37 bits per heavy atom. The van der Waals surface area contributed by atoms with Crippen molar-refractivity contribution in [2.45, 2.75) is 19.4 Å². The molecule has 1 saturated carbocycles.